The van der Waals surface area contributed by atoms with E-state index in [2.05, 4.69) is 36.9 Å². The predicted molar refractivity (Wildman–Crippen MR) is 101 cm³/mol. The molecule has 2 aromatic rings. The van der Waals surface area contributed by atoms with Crippen molar-refractivity contribution in [1.29, 1.82) is 0 Å². The summed E-state index contributed by atoms with van der Waals surface area (Å²) in [4.78, 5) is 0. The summed E-state index contributed by atoms with van der Waals surface area (Å²) >= 11 is 5.75. The lowest BCUT2D eigenvalue weighted by Crippen LogP contribution is -2.13. The van der Waals surface area contributed by atoms with Gasteiger partial charge in [0.1, 0.15) is 5.82 Å². The fraction of sp³-hybridized carbons (Fsp3) is 0.364. The first-order chi connectivity index (χ1) is 11.7. The number of halogens is 2. The molecule has 2 heteroatoms. The van der Waals surface area contributed by atoms with E-state index in [0.29, 0.717) is 0 Å². The van der Waals surface area contributed by atoms with Crippen molar-refractivity contribution < 1.29 is 4.39 Å². The van der Waals surface area contributed by atoms with Crippen LogP contribution in [-0.4, -0.2) is 0 Å². The predicted octanol–water partition coefficient (Wildman–Crippen LogP) is 7.07. The molecule has 0 heterocycles. The molecular formula is C22H24ClF. The minimum absolute atomic E-state index is 0.168. The summed E-state index contributed by atoms with van der Waals surface area (Å²) in [5.41, 5.74) is 3.26. The highest BCUT2D eigenvalue weighted by molar-refractivity contribution is 6.30. The van der Waals surface area contributed by atoms with E-state index in [1.54, 1.807) is 6.07 Å². The minimum Gasteiger partial charge on any atom is -0.205 e. The third-order valence-electron chi connectivity index (χ3n) is 5.27. The van der Waals surface area contributed by atoms with Crippen molar-refractivity contribution in [3.05, 3.63) is 71.5 Å². The zero-order valence-corrected chi connectivity index (χ0v) is 14.7. The van der Waals surface area contributed by atoms with Crippen molar-refractivity contribution in [3.8, 4) is 11.1 Å². The van der Waals surface area contributed by atoms with Gasteiger partial charge in [-0.3, -0.25) is 0 Å². The molecule has 2 aromatic carbocycles. The molecule has 24 heavy (non-hydrogen) atoms. The molecule has 1 saturated carbocycles. The Labute approximate surface area is 149 Å². The molecule has 0 unspecified atom stereocenters. The van der Waals surface area contributed by atoms with Crippen LogP contribution >= 0.6 is 11.6 Å². The molecule has 0 amide bonds. The lowest BCUT2D eigenvalue weighted by atomic mass is 9.79. The molecule has 0 radical (unpaired) electrons. The summed E-state index contributed by atoms with van der Waals surface area (Å²) in [6, 6.07) is 13.4. The number of aryl methyl sites for hydroxylation is 1. The van der Waals surface area contributed by atoms with Crippen LogP contribution in [0.5, 0.6) is 0 Å². The second-order valence-corrected chi connectivity index (χ2v) is 7.29. The standard InChI is InChI=1S/C22H24ClF/c1-2-16-3-5-17(6-4-16)7-8-18-9-11-19(12-10-18)20-13-14-21(23)22(24)15-20/h2,9-17H,1,3-8H2. The van der Waals surface area contributed by atoms with E-state index in [0.717, 1.165) is 29.4 Å². The summed E-state index contributed by atoms with van der Waals surface area (Å²) in [6.45, 7) is 3.92. The maximum atomic E-state index is 13.6. The molecule has 126 valence electrons. The van der Waals surface area contributed by atoms with Gasteiger partial charge in [0.2, 0.25) is 0 Å². The highest BCUT2D eigenvalue weighted by Gasteiger charge is 2.18. The van der Waals surface area contributed by atoms with Gasteiger partial charge in [-0.2, -0.15) is 0 Å². The lowest BCUT2D eigenvalue weighted by molar-refractivity contribution is 0.296. The van der Waals surface area contributed by atoms with Crippen molar-refractivity contribution in [2.45, 2.75) is 38.5 Å². The van der Waals surface area contributed by atoms with Gasteiger partial charge in [0, 0.05) is 0 Å². The summed E-state index contributed by atoms with van der Waals surface area (Å²) in [5, 5.41) is 0.168. The van der Waals surface area contributed by atoms with Gasteiger partial charge >= 0.3 is 0 Å². The van der Waals surface area contributed by atoms with Gasteiger partial charge in [-0.15, -0.1) is 6.58 Å². The molecule has 1 aliphatic rings. The topological polar surface area (TPSA) is 0 Å². The zero-order valence-electron chi connectivity index (χ0n) is 14.0. The Kier molecular flexibility index (Phi) is 5.73. The second-order valence-electron chi connectivity index (χ2n) is 6.88. The smallest absolute Gasteiger partial charge is 0.142 e. The quantitative estimate of drug-likeness (QED) is 0.509. The first-order valence-electron chi connectivity index (χ1n) is 8.82. The summed E-state index contributed by atoms with van der Waals surface area (Å²) in [5.74, 6) is 1.22. The van der Waals surface area contributed by atoms with Crippen molar-refractivity contribution in [3.63, 3.8) is 0 Å². The number of rotatable bonds is 5. The third-order valence-corrected chi connectivity index (χ3v) is 5.58. The average molecular weight is 343 g/mol. The van der Waals surface area contributed by atoms with Gasteiger partial charge < -0.3 is 0 Å². The van der Waals surface area contributed by atoms with Crippen LogP contribution < -0.4 is 0 Å². The van der Waals surface area contributed by atoms with E-state index in [4.69, 9.17) is 11.6 Å². The van der Waals surface area contributed by atoms with Gasteiger partial charge in [-0.1, -0.05) is 48.0 Å². The molecule has 0 atom stereocenters. The van der Waals surface area contributed by atoms with Crippen LogP contribution in [0.2, 0.25) is 5.02 Å². The first kappa shape index (κ1) is 17.2. The van der Waals surface area contributed by atoms with Gasteiger partial charge in [0.05, 0.1) is 5.02 Å². The van der Waals surface area contributed by atoms with Crippen LogP contribution in [0.1, 0.15) is 37.7 Å². The molecule has 0 aliphatic heterocycles. The highest BCUT2D eigenvalue weighted by atomic mass is 35.5. The van der Waals surface area contributed by atoms with E-state index < -0.39 is 0 Å². The number of hydrogen-bond acceptors (Lipinski definition) is 0. The molecule has 3 rings (SSSR count). The van der Waals surface area contributed by atoms with Crippen LogP contribution in [0.25, 0.3) is 11.1 Å². The Morgan fingerprint density at radius 3 is 2.29 bits per heavy atom. The first-order valence-corrected chi connectivity index (χ1v) is 9.20. The normalized spacial score (nSPS) is 20.8. The second kappa shape index (κ2) is 7.98. The van der Waals surface area contributed by atoms with E-state index >= 15 is 0 Å². The molecule has 0 nitrogen and oxygen atoms in total. The Bertz CT molecular complexity index is 682. The molecule has 1 aliphatic carbocycles. The van der Waals surface area contributed by atoms with Gasteiger partial charge in [-0.05, 0) is 79.2 Å². The van der Waals surface area contributed by atoms with Crippen LogP contribution in [0.4, 0.5) is 4.39 Å². The maximum absolute atomic E-state index is 13.6. The Balaban J connectivity index is 1.57. The minimum atomic E-state index is -0.367. The van der Waals surface area contributed by atoms with Crippen LogP contribution in [0, 0.1) is 17.7 Å². The molecular weight excluding hydrogens is 319 g/mol. The zero-order chi connectivity index (χ0) is 16.9. The number of hydrogen-bond donors (Lipinski definition) is 0. The summed E-state index contributed by atoms with van der Waals surface area (Å²) in [6.07, 6.45) is 9.77. The molecule has 1 fully saturated rings. The molecule has 0 N–H and O–H groups in total. The molecule has 0 saturated heterocycles. The average Bonchev–Trinajstić information content (AvgIpc) is 2.63. The van der Waals surface area contributed by atoms with Gasteiger partial charge in [0.15, 0.2) is 0 Å². The Morgan fingerprint density at radius 1 is 1.00 bits per heavy atom. The molecule has 0 spiro atoms. The van der Waals surface area contributed by atoms with E-state index in [9.17, 15) is 4.39 Å². The lowest BCUT2D eigenvalue weighted by Gasteiger charge is -2.26. The number of benzene rings is 2. The highest BCUT2D eigenvalue weighted by Crippen LogP contribution is 2.32. The maximum Gasteiger partial charge on any atom is 0.142 e. The summed E-state index contributed by atoms with van der Waals surface area (Å²) < 4.78 is 13.6. The van der Waals surface area contributed by atoms with Gasteiger partial charge in [-0.25, -0.2) is 4.39 Å². The van der Waals surface area contributed by atoms with Crippen molar-refractivity contribution in [2.24, 2.45) is 11.8 Å². The largest absolute Gasteiger partial charge is 0.205 e. The molecule has 0 aromatic heterocycles. The Morgan fingerprint density at radius 2 is 1.67 bits per heavy atom. The van der Waals surface area contributed by atoms with Crippen LogP contribution in [0.15, 0.2) is 55.1 Å². The number of allylic oxidation sites excluding steroid dienone is 1. The van der Waals surface area contributed by atoms with Crippen molar-refractivity contribution >= 4 is 11.6 Å². The van der Waals surface area contributed by atoms with Crippen LogP contribution in [-0.2, 0) is 6.42 Å². The van der Waals surface area contributed by atoms with E-state index in [1.807, 2.05) is 6.07 Å². The third kappa shape index (κ3) is 4.27. The van der Waals surface area contributed by atoms with Crippen molar-refractivity contribution in [1.82, 2.24) is 0 Å². The van der Waals surface area contributed by atoms with Crippen LogP contribution in [0.3, 0.4) is 0 Å². The van der Waals surface area contributed by atoms with E-state index in [1.165, 1.54) is 43.7 Å². The van der Waals surface area contributed by atoms with Crippen molar-refractivity contribution in [2.75, 3.05) is 0 Å². The molecule has 0 bridgehead atoms. The van der Waals surface area contributed by atoms with Gasteiger partial charge in [0.25, 0.3) is 0 Å². The fourth-order valence-corrected chi connectivity index (χ4v) is 3.74. The summed E-state index contributed by atoms with van der Waals surface area (Å²) in [7, 11) is 0. The Hall–Kier alpha value is -1.60. The SMILES string of the molecule is C=CC1CCC(CCc2ccc(-c3ccc(Cl)c(F)c3)cc2)CC1. The van der Waals surface area contributed by atoms with E-state index in [-0.39, 0.29) is 10.8 Å². The fourth-order valence-electron chi connectivity index (χ4n) is 3.62. The monoisotopic (exact) mass is 342 g/mol.